The van der Waals surface area contributed by atoms with Crippen LogP contribution in [0.5, 0.6) is 0 Å². The summed E-state index contributed by atoms with van der Waals surface area (Å²) in [7, 11) is 0. The molecule has 1 aliphatic rings. The molecule has 7 nitrogen and oxygen atoms in total. The highest BCUT2D eigenvalue weighted by Crippen LogP contribution is 2.28. The van der Waals surface area contributed by atoms with Crippen LogP contribution in [0, 0.1) is 0 Å². The zero-order valence-electron chi connectivity index (χ0n) is 8.44. The molecule has 1 aliphatic heterocycles. The number of nitrogens with one attached hydrogen (secondary N) is 1. The molecular formula is C9H7N5O2S. The van der Waals surface area contributed by atoms with Crippen molar-refractivity contribution in [3.8, 4) is 0 Å². The van der Waals surface area contributed by atoms with E-state index in [0.717, 1.165) is 5.56 Å². The highest BCUT2D eigenvalue weighted by molar-refractivity contribution is 7.08. The molecule has 0 saturated heterocycles. The van der Waals surface area contributed by atoms with E-state index in [0.29, 0.717) is 5.95 Å². The number of carboxylic acids is 1. The normalized spacial score (nSPS) is 18.1. The van der Waals surface area contributed by atoms with Gasteiger partial charge in [0.05, 0.1) is 0 Å². The molecule has 8 heteroatoms. The third-order valence-corrected chi connectivity index (χ3v) is 3.14. The van der Waals surface area contributed by atoms with Crippen molar-refractivity contribution in [3.05, 3.63) is 34.2 Å². The molecule has 86 valence electrons. The first-order valence-corrected chi connectivity index (χ1v) is 5.72. The number of tetrazole rings is 1. The lowest BCUT2D eigenvalue weighted by molar-refractivity contribution is -0.132. The fourth-order valence-electron chi connectivity index (χ4n) is 1.66. The average Bonchev–Trinajstić information content (AvgIpc) is 2.98. The van der Waals surface area contributed by atoms with E-state index in [2.05, 4.69) is 20.8 Å². The second-order valence-corrected chi connectivity index (χ2v) is 4.24. The first kappa shape index (κ1) is 9.97. The van der Waals surface area contributed by atoms with Gasteiger partial charge in [0.25, 0.3) is 0 Å². The molecule has 0 radical (unpaired) electrons. The maximum atomic E-state index is 11.0. The highest BCUT2D eigenvalue weighted by Gasteiger charge is 2.26. The quantitative estimate of drug-likeness (QED) is 0.814. The third-order valence-electron chi connectivity index (χ3n) is 2.44. The van der Waals surface area contributed by atoms with Gasteiger partial charge in [0.2, 0.25) is 5.95 Å². The molecule has 17 heavy (non-hydrogen) atoms. The van der Waals surface area contributed by atoms with Crippen LogP contribution < -0.4 is 5.32 Å². The first-order chi connectivity index (χ1) is 8.25. The summed E-state index contributed by atoms with van der Waals surface area (Å²) < 4.78 is 1.55. The van der Waals surface area contributed by atoms with Crippen LogP contribution in [0.4, 0.5) is 5.95 Å². The van der Waals surface area contributed by atoms with Gasteiger partial charge in [-0.2, -0.15) is 16.0 Å². The molecule has 0 bridgehead atoms. The monoisotopic (exact) mass is 249 g/mol. The van der Waals surface area contributed by atoms with Crippen LogP contribution >= 0.6 is 11.3 Å². The molecule has 0 amide bonds. The summed E-state index contributed by atoms with van der Waals surface area (Å²) in [5.41, 5.74) is 1.05. The van der Waals surface area contributed by atoms with E-state index in [1.54, 1.807) is 22.1 Å². The Morgan fingerprint density at radius 2 is 2.47 bits per heavy atom. The Morgan fingerprint density at radius 1 is 1.59 bits per heavy atom. The largest absolute Gasteiger partial charge is 0.477 e. The Kier molecular flexibility index (Phi) is 2.15. The molecule has 0 fully saturated rings. The Balaban J connectivity index is 2.10. The van der Waals surface area contributed by atoms with Crippen molar-refractivity contribution in [2.75, 3.05) is 5.32 Å². The van der Waals surface area contributed by atoms with Crippen LogP contribution in [-0.2, 0) is 4.79 Å². The lowest BCUT2D eigenvalue weighted by atomic mass is 10.1. The zero-order chi connectivity index (χ0) is 11.8. The molecule has 1 atom stereocenters. The number of rotatable bonds is 2. The van der Waals surface area contributed by atoms with Crippen molar-refractivity contribution in [1.29, 1.82) is 0 Å². The van der Waals surface area contributed by atoms with E-state index in [1.807, 2.05) is 16.8 Å². The SMILES string of the molecule is O=C(O)C1=C[C@H](c2ccsc2)n2nnnc2N1. The number of hydrogen-bond acceptors (Lipinski definition) is 6. The topological polar surface area (TPSA) is 92.9 Å². The minimum Gasteiger partial charge on any atom is -0.477 e. The van der Waals surface area contributed by atoms with Gasteiger partial charge >= 0.3 is 5.97 Å². The summed E-state index contributed by atoms with van der Waals surface area (Å²) >= 11 is 1.54. The van der Waals surface area contributed by atoms with Crippen molar-refractivity contribution in [2.24, 2.45) is 0 Å². The summed E-state index contributed by atoms with van der Waals surface area (Å²) in [6.07, 6.45) is 1.59. The van der Waals surface area contributed by atoms with E-state index in [-0.39, 0.29) is 11.7 Å². The summed E-state index contributed by atoms with van der Waals surface area (Å²) in [5.74, 6) is -0.694. The fourth-order valence-corrected chi connectivity index (χ4v) is 2.35. The molecule has 2 aromatic heterocycles. The number of hydrogen-bond donors (Lipinski definition) is 2. The zero-order valence-corrected chi connectivity index (χ0v) is 9.26. The first-order valence-electron chi connectivity index (χ1n) is 4.78. The van der Waals surface area contributed by atoms with Gasteiger partial charge in [0.15, 0.2) is 0 Å². The standard InChI is InChI=1S/C9H7N5O2S/c15-8(16)6-3-7(5-1-2-17-4-5)14-9(10-6)11-12-13-14/h1-4,7H,(H,15,16)(H,10,11,13)/t7-/m1/s1. The van der Waals surface area contributed by atoms with Gasteiger partial charge in [-0.05, 0) is 38.9 Å². The number of carboxylic acid groups (broad SMARTS) is 1. The van der Waals surface area contributed by atoms with E-state index < -0.39 is 5.97 Å². The molecule has 0 saturated carbocycles. The molecule has 2 aromatic rings. The predicted octanol–water partition coefficient (Wildman–Crippen LogP) is 0.718. The summed E-state index contributed by atoms with van der Waals surface area (Å²) in [6, 6.07) is 1.64. The molecule has 0 unspecified atom stereocenters. The van der Waals surface area contributed by atoms with Crippen molar-refractivity contribution in [1.82, 2.24) is 20.2 Å². The van der Waals surface area contributed by atoms with Crippen LogP contribution in [0.1, 0.15) is 11.6 Å². The number of allylic oxidation sites excluding steroid dienone is 1. The van der Waals surface area contributed by atoms with Gasteiger partial charge in [0.1, 0.15) is 11.7 Å². The minimum atomic E-state index is -1.03. The fraction of sp³-hybridized carbons (Fsp3) is 0.111. The predicted molar refractivity (Wildman–Crippen MR) is 59.6 cm³/mol. The Morgan fingerprint density at radius 3 is 3.18 bits per heavy atom. The third kappa shape index (κ3) is 1.58. The Hall–Kier alpha value is -2.22. The van der Waals surface area contributed by atoms with Crippen LogP contribution in [0.3, 0.4) is 0 Å². The lowest BCUT2D eigenvalue weighted by Crippen LogP contribution is -2.24. The second kappa shape index (κ2) is 3.67. The lowest BCUT2D eigenvalue weighted by Gasteiger charge is -2.20. The minimum absolute atomic E-state index is 0.0866. The summed E-state index contributed by atoms with van der Waals surface area (Å²) in [6.45, 7) is 0. The van der Waals surface area contributed by atoms with Gasteiger partial charge < -0.3 is 10.4 Å². The number of thiophene rings is 1. The molecule has 0 spiro atoms. The molecule has 0 aromatic carbocycles. The van der Waals surface area contributed by atoms with Gasteiger partial charge in [-0.15, -0.1) is 0 Å². The molecule has 2 N–H and O–H groups in total. The Bertz CT molecular complexity index is 588. The highest BCUT2D eigenvalue weighted by atomic mass is 32.1. The average molecular weight is 249 g/mol. The summed E-state index contributed by atoms with van der Waals surface area (Å²) in [4.78, 5) is 11.0. The van der Waals surface area contributed by atoms with Gasteiger partial charge in [-0.25, -0.2) is 4.79 Å². The number of carbonyl (C=O) groups is 1. The molecule has 0 aliphatic carbocycles. The van der Waals surface area contributed by atoms with E-state index in [9.17, 15) is 4.79 Å². The maximum Gasteiger partial charge on any atom is 0.352 e. The molecule has 3 heterocycles. The van der Waals surface area contributed by atoms with Crippen molar-refractivity contribution in [2.45, 2.75) is 6.04 Å². The number of anilines is 1. The molecular weight excluding hydrogens is 242 g/mol. The number of fused-ring (bicyclic) bond motifs is 1. The van der Waals surface area contributed by atoms with Gasteiger partial charge in [0, 0.05) is 0 Å². The second-order valence-electron chi connectivity index (χ2n) is 3.46. The maximum absolute atomic E-state index is 11.0. The van der Waals surface area contributed by atoms with Crippen molar-refractivity contribution in [3.63, 3.8) is 0 Å². The van der Waals surface area contributed by atoms with E-state index in [4.69, 9.17) is 5.11 Å². The molecule has 3 rings (SSSR count). The van der Waals surface area contributed by atoms with Crippen LogP contribution in [0.25, 0.3) is 0 Å². The van der Waals surface area contributed by atoms with Crippen LogP contribution in [0.15, 0.2) is 28.6 Å². The smallest absolute Gasteiger partial charge is 0.352 e. The van der Waals surface area contributed by atoms with E-state index >= 15 is 0 Å². The van der Waals surface area contributed by atoms with Gasteiger partial charge in [-0.1, -0.05) is 5.10 Å². The number of aromatic nitrogens is 4. The Labute approximate surface area is 99.4 Å². The summed E-state index contributed by atoms with van der Waals surface area (Å²) in [5, 5.41) is 26.7. The number of aliphatic carboxylic acids is 1. The number of nitrogens with zero attached hydrogens (tertiary/aromatic N) is 4. The van der Waals surface area contributed by atoms with Crippen molar-refractivity contribution >= 4 is 23.3 Å². The van der Waals surface area contributed by atoms with Gasteiger partial charge in [-0.3, -0.25) is 0 Å². The van der Waals surface area contributed by atoms with Crippen LogP contribution in [0.2, 0.25) is 0 Å². The van der Waals surface area contributed by atoms with Crippen molar-refractivity contribution < 1.29 is 9.90 Å². The van der Waals surface area contributed by atoms with E-state index in [1.165, 1.54) is 0 Å². The van der Waals surface area contributed by atoms with Crippen LogP contribution in [-0.4, -0.2) is 31.3 Å².